The Morgan fingerprint density at radius 2 is 1.10 bits per heavy atom. The zero-order chi connectivity index (χ0) is 4.24. The Morgan fingerprint density at radius 3 is 1.20 bits per heavy atom. The first-order valence-electron chi connectivity index (χ1n) is 2.58. The van der Waals surface area contributed by atoms with Crippen molar-refractivity contribution in [3.8, 4) is 0 Å². The smallest absolute Gasteiger partial charge is 1.00 e. The van der Waals surface area contributed by atoms with Crippen molar-refractivity contribution in [3.63, 3.8) is 0 Å². The third-order valence-electron chi connectivity index (χ3n) is 1.08. The van der Waals surface area contributed by atoms with Crippen molar-refractivity contribution in [2.45, 2.75) is 19.3 Å². The van der Waals surface area contributed by atoms with Crippen molar-refractivity contribution in [1.82, 2.24) is 0 Å². The minimum atomic E-state index is 0. The number of halogens is 3. The van der Waals surface area contributed by atoms with E-state index < -0.39 is 0 Å². The summed E-state index contributed by atoms with van der Waals surface area (Å²) < 4.78 is 5.07. The Kier molecular flexibility index (Phi) is 35.9. The van der Waals surface area contributed by atoms with Gasteiger partial charge in [0.05, 0.1) is 0 Å². The van der Waals surface area contributed by atoms with E-state index in [1.54, 1.807) is 0 Å². The van der Waals surface area contributed by atoms with Crippen LogP contribution in [0.25, 0.3) is 0 Å². The van der Waals surface area contributed by atoms with Crippen molar-refractivity contribution >= 4 is 8.41 Å². The molecule has 0 radical (unpaired) electrons. The van der Waals surface area contributed by atoms with Gasteiger partial charge in [-0.25, -0.2) is 0 Å². The van der Waals surface area contributed by atoms with Gasteiger partial charge < -0.3 is 18.9 Å². The SMILES string of the molecule is C1CCOCC1.[B+3].[F-].[F-].[F-]. The molecule has 0 spiro atoms. The molecule has 1 heterocycles. The molecule has 10 heavy (non-hydrogen) atoms. The van der Waals surface area contributed by atoms with Crippen molar-refractivity contribution in [2.75, 3.05) is 13.2 Å². The van der Waals surface area contributed by atoms with E-state index in [1.165, 1.54) is 19.3 Å². The zero-order valence-corrected chi connectivity index (χ0v) is 5.66. The van der Waals surface area contributed by atoms with Gasteiger partial charge >= 0.3 is 8.41 Å². The molecular formula is C5H10BF3O. The molecule has 0 aromatic heterocycles. The first-order valence-corrected chi connectivity index (χ1v) is 2.58. The van der Waals surface area contributed by atoms with Gasteiger partial charge in [-0.05, 0) is 19.3 Å². The predicted molar refractivity (Wildman–Crippen MR) is 30.4 cm³/mol. The van der Waals surface area contributed by atoms with Gasteiger partial charge in [0.2, 0.25) is 0 Å². The average Bonchev–Trinajstić information content (AvgIpc) is 1.72. The molecule has 1 saturated heterocycles. The van der Waals surface area contributed by atoms with Crippen LogP contribution in [0, 0.1) is 0 Å². The van der Waals surface area contributed by atoms with Crippen LogP contribution in [-0.4, -0.2) is 21.6 Å². The van der Waals surface area contributed by atoms with Gasteiger partial charge in [0.25, 0.3) is 0 Å². The number of ether oxygens (including phenoxy) is 1. The molecule has 0 atom stereocenters. The van der Waals surface area contributed by atoms with E-state index in [0.29, 0.717) is 0 Å². The summed E-state index contributed by atoms with van der Waals surface area (Å²) in [7, 11) is 0. The molecule has 1 rings (SSSR count). The van der Waals surface area contributed by atoms with Crippen molar-refractivity contribution in [2.24, 2.45) is 0 Å². The summed E-state index contributed by atoms with van der Waals surface area (Å²) >= 11 is 0. The minimum Gasteiger partial charge on any atom is -1.00 e. The van der Waals surface area contributed by atoms with Gasteiger partial charge in [0.15, 0.2) is 0 Å². The van der Waals surface area contributed by atoms with E-state index in [-0.39, 0.29) is 22.5 Å². The summed E-state index contributed by atoms with van der Waals surface area (Å²) in [6.07, 6.45) is 3.93. The maximum absolute atomic E-state index is 5.07. The topological polar surface area (TPSA) is 9.23 Å². The summed E-state index contributed by atoms with van der Waals surface area (Å²) in [5, 5.41) is 0. The van der Waals surface area contributed by atoms with Crippen molar-refractivity contribution in [3.05, 3.63) is 0 Å². The number of hydrogen-bond donors (Lipinski definition) is 0. The van der Waals surface area contributed by atoms with Crippen LogP contribution in [0.2, 0.25) is 0 Å². The normalized spacial score (nSPS) is 14.4. The van der Waals surface area contributed by atoms with Crippen LogP contribution in [0.15, 0.2) is 0 Å². The molecule has 0 aromatic carbocycles. The van der Waals surface area contributed by atoms with Crippen LogP contribution in [0.1, 0.15) is 19.3 Å². The molecule has 0 bridgehead atoms. The van der Waals surface area contributed by atoms with E-state index in [0.717, 1.165) is 13.2 Å². The predicted octanol–water partition coefficient (Wildman–Crippen LogP) is -8.18. The largest absolute Gasteiger partial charge is 3.00 e. The van der Waals surface area contributed by atoms with E-state index in [1.807, 2.05) is 0 Å². The fourth-order valence-electron chi connectivity index (χ4n) is 0.687. The summed E-state index contributed by atoms with van der Waals surface area (Å²) in [5.41, 5.74) is 0. The van der Waals surface area contributed by atoms with E-state index in [4.69, 9.17) is 4.74 Å². The molecule has 0 aromatic rings. The Bertz CT molecular complexity index is 32.4. The second-order valence-electron chi connectivity index (χ2n) is 1.67. The van der Waals surface area contributed by atoms with Crippen LogP contribution in [0.3, 0.4) is 0 Å². The molecule has 60 valence electrons. The summed E-state index contributed by atoms with van der Waals surface area (Å²) in [6.45, 7) is 2.00. The van der Waals surface area contributed by atoms with Crippen molar-refractivity contribution in [1.29, 1.82) is 0 Å². The molecule has 0 N–H and O–H groups in total. The zero-order valence-electron chi connectivity index (χ0n) is 5.66. The molecule has 1 nitrogen and oxygen atoms in total. The quantitative estimate of drug-likeness (QED) is 0.315. The van der Waals surface area contributed by atoms with Gasteiger partial charge in [-0.2, -0.15) is 0 Å². The second kappa shape index (κ2) is 15.9. The molecule has 0 amide bonds. The number of rotatable bonds is 0. The maximum atomic E-state index is 5.07. The fourth-order valence-corrected chi connectivity index (χ4v) is 0.687. The average molecular weight is 154 g/mol. The van der Waals surface area contributed by atoms with Gasteiger partial charge in [0.1, 0.15) is 0 Å². The third-order valence-corrected chi connectivity index (χ3v) is 1.08. The Balaban J connectivity index is -0.0000000450. The van der Waals surface area contributed by atoms with E-state index in [9.17, 15) is 0 Å². The van der Waals surface area contributed by atoms with E-state index >= 15 is 0 Å². The third kappa shape index (κ3) is 10.7. The first-order chi connectivity index (χ1) is 3.00. The van der Waals surface area contributed by atoms with Crippen LogP contribution < -0.4 is 14.1 Å². The summed E-state index contributed by atoms with van der Waals surface area (Å²) in [6, 6.07) is 0. The van der Waals surface area contributed by atoms with Crippen molar-refractivity contribution < 1.29 is 18.9 Å². The molecule has 0 saturated carbocycles. The van der Waals surface area contributed by atoms with Gasteiger partial charge in [-0.15, -0.1) is 0 Å². The monoisotopic (exact) mass is 154 g/mol. The molecule has 1 aliphatic rings. The Labute approximate surface area is 60.8 Å². The first kappa shape index (κ1) is 22.6. The molecule has 1 fully saturated rings. The minimum absolute atomic E-state index is 0. The van der Waals surface area contributed by atoms with Gasteiger partial charge in [0, 0.05) is 13.2 Å². The molecular weight excluding hydrogens is 144 g/mol. The maximum Gasteiger partial charge on any atom is 3.00 e. The Hall–Kier alpha value is -0.185. The molecule has 0 unspecified atom stereocenters. The second-order valence-corrected chi connectivity index (χ2v) is 1.67. The Morgan fingerprint density at radius 1 is 0.700 bits per heavy atom. The van der Waals surface area contributed by atoms with Crippen LogP contribution in [0.4, 0.5) is 0 Å². The van der Waals surface area contributed by atoms with Gasteiger partial charge in [-0.3, -0.25) is 0 Å². The van der Waals surface area contributed by atoms with Gasteiger partial charge in [-0.1, -0.05) is 0 Å². The fraction of sp³-hybridized carbons (Fsp3) is 1.00. The van der Waals surface area contributed by atoms with Crippen LogP contribution in [0.5, 0.6) is 0 Å². The molecule has 5 heteroatoms. The molecule has 1 aliphatic heterocycles. The summed E-state index contributed by atoms with van der Waals surface area (Å²) in [5.74, 6) is 0. The summed E-state index contributed by atoms with van der Waals surface area (Å²) in [4.78, 5) is 0. The molecule has 0 aliphatic carbocycles. The van der Waals surface area contributed by atoms with Crippen LogP contribution in [-0.2, 0) is 4.74 Å². The number of hydrogen-bond acceptors (Lipinski definition) is 1. The standard InChI is InChI=1S/C5H10O.B.3FH/c1-2-4-6-5-3-1;;;;/h1-5H2;;3*1H/q;+3;;;/p-3. The van der Waals surface area contributed by atoms with Crippen LogP contribution >= 0.6 is 0 Å². The van der Waals surface area contributed by atoms with E-state index in [2.05, 4.69) is 0 Å².